The van der Waals surface area contributed by atoms with Crippen molar-refractivity contribution in [1.29, 1.82) is 0 Å². The SMILES string of the molecule is Cc1cccc(S(=O)(=O)NC(=O)c2ccc(-c3cc(F)cc(OCC(C)C)c3)nc2OC2COC2)n1.[HH].[HH]. The third kappa shape index (κ3) is 6.16. The molecule has 3 heterocycles. The average Bonchev–Trinajstić information content (AvgIpc) is 2.79. The smallest absolute Gasteiger partial charge is 0.281 e. The molecule has 0 saturated carbocycles. The first kappa shape index (κ1) is 25.5. The lowest BCUT2D eigenvalue weighted by molar-refractivity contribution is -0.0814. The average molecular weight is 520 g/mol. The van der Waals surface area contributed by atoms with Gasteiger partial charge < -0.3 is 14.2 Å². The number of carbonyl (C=O) groups excluding carboxylic acids is 1. The Kier molecular flexibility index (Phi) is 7.51. The summed E-state index contributed by atoms with van der Waals surface area (Å²) in [5.41, 5.74) is 1.11. The molecule has 9 nitrogen and oxygen atoms in total. The van der Waals surface area contributed by atoms with E-state index in [1.807, 2.05) is 18.6 Å². The zero-order valence-corrected chi connectivity index (χ0v) is 20.8. The van der Waals surface area contributed by atoms with E-state index in [1.54, 1.807) is 19.1 Å². The maximum absolute atomic E-state index is 14.3. The third-order valence-corrected chi connectivity index (χ3v) is 6.34. The number of pyridine rings is 2. The molecule has 0 atom stereocenters. The van der Waals surface area contributed by atoms with E-state index in [0.29, 0.717) is 42.5 Å². The van der Waals surface area contributed by atoms with E-state index >= 15 is 0 Å². The molecule has 1 N–H and O–H groups in total. The molecule has 0 unspecified atom stereocenters. The molecule has 1 amide bonds. The number of nitrogens with one attached hydrogen (secondary N) is 1. The number of hydrogen-bond acceptors (Lipinski definition) is 8. The van der Waals surface area contributed by atoms with Crippen molar-refractivity contribution in [2.24, 2.45) is 5.92 Å². The fraction of sp³-hybridized carbons (Fsp3) is 0.320. The summed E-state index contributed by atoms with van der Waals surface area (Å²) in [5.74, 6) is -0.952. The summed E-state index contributed by atoms with van der Waals surface area (Å²) in [7, 11) is -4.24. The van der Waals surface area contributed by atoms with Crippen molar-refractivity contribution in [2.45, 2.75) is 31.9 Å². The summed E-state index contributed by atoms with van der Waals surface area (Å²) >= 11 is 0. The standard InChI is InChI=1S/C25H26FN3O6S.2H2/c1-15(2)12-34-19-10-17(9-18(26)11-19)22-8-7-21(25(28-22)35-20-13-33-14-20)24(30)29-36(31,32)23-6-4-5-16(3)27-23;;/h4-11,15,20H,12-14H2,1-3H3,(H,29,30);2*1H. The second kappa shape index (κ2) is 10.6. The van der Waals surface area contributed by atoms with Crippen LogP contribution in [0, 0.1) is 18.7 Å². The number of amides is 1. The zero-order valence-electron chi connectivity index (χ0n) is 20.0. The number of aryl methyl sites for hydroxylation is 1. The highest BCUT2D eigenvalue weighted by Crippen LogP contribution is 2.29. The molecule has 1 aliphatic rings. The molecule has 0 radical (unpaired) electrons. The van der Waals surface area contributed by atoms with Crippen LogP contribution in [0.5, 0.6) is 11.6 Å². The van der Waals surface area contributed by atoms with Gasteiger partial charge in [-0.05, 0) is 49.2 Å². The van der Waals surface area contributed by atoms with Gasteiger partial charge in [0, 0.05) is 20.2 Å². The van der Waals surface area contributed by atoms with Crippen molar-refractivity contribution >= 4 is 15.9 Å². The van der Waals surface area contributed by atoms with Crippen LogP contribution in [0.1, 0.15) is 32.8 Å². The summed E-state index contributed by atoms with van der Waals surface area (Å²) < 4.78 is 58.3. The van der Waals surface area contributed by atoms with E-state index < -0.39 is 21.7 Å². The van der Waals surface area contributed by atoms with Gasteiger partial charge in [0.15, 0.2) is 5.03 Å². The summed E-state index contributed by atoms with van der Waals surface area (Å²) in [6, 6.07) is 11.5. The van der Waals surface area contributed by atoms with Crippen molar-refractivity contribution in [3.05, 3.63) is 65.6 Å². The van der Waals surface area contributed by atoms with Gasteiger partial charge in [-0.15, -0.1) is 0 Å². The Morgan fingerprint density at radius 1 is 1.19 bits per heavy atom. The summed E-state index contributed by atoms with van der Waals surface area (Å²) in [6.45, 7) is 6.61. The van der Waals surface area contributed by atoms with Crippen LogP contribution >= 0.6 is 0 Å². The van der Waals surface area contributed by atoms with Crippen LogP contribution in [0.25, 0.3) is 11.3 Å². The number of aromatic nitrogens is 2. The minimum absolute atomic E-state index is 0. The number of hydrogen-bond donors (Lipinski definition) is 1. The molecule has 1 fully saturated rings. The second-order valence-corrected chi connectivity index (χ2v) is 10.4. The first-order valence-electron chi connectivity index (χ1n) is 11.3. The van der Waals surface area contributed by atoms with Gasteiger partial charge in [-0.1, -0.05) is 19.9 Å². The Hall–Kier alpha value is -3.57. The van der Waals surface area contributed by atoms with E-state index in [-0.39, 0.29) is 31.3 Å². The lowest BCUT2D eigenvalue weighted by atomic mass is 10.1. The number of rotatable bonds is 9. The number of sulfonamides is 1. The van der Waals surface area contributed by atoms with Gasteiger partial charge in [-0.25, -0.2) is 19.1 Å². The predicted molar refractivity (Wildman–Crippen MR) is 133 cm³/mol. The van der Waals surface area contributed by atoms with Crippen molar-refractivity contribution in [2.75, 3.05) is 19.8 Å². The van der Waals surface area contributed by atoms with Gasteiger partial charge in [0.1, 0.15) is 23.2 Å². The Morgan fingerprint density at radius 2 is 1.97 bits per heavy atom. The normalized spacial score (nSPS) is 13.8. The van der Waals surface area contributed by atoms with Crippen LogP contribution in [-0.2, 0) is 14.8 Å². The Morgan fingerprint density at radius 3 is 2.64 bits per heavy atom. The summed E-state index contributed by atoms with van der Waals surface area (Å²) in [6.07, 6.45) is -0.355. The van der Waals surface area contributed by atoms with Crippen LogP contribution in [0.15, 0.2) is 53.6 Å². The molecule has 0 bridgehead atoms. The lowest BCUT2D eigenvalue weighted by Crippen LogP contribution is -2.39. The minimum atomic E-state index is -4.24. The molecule has 1 aromatic carbocycles. The fourth-order valence-corrected chi connectivity index (χ4v) is 4.24. The highest BCUT2D eigenvalue weighted by atomic mass is 32.2. The minimum Gasteiger partial charge on any atom is -0.493 e. The second-order valence-electron chi connectivity index (χ2n) is 8.76. The first-order valence-corrected chi connectivity index (χ1v) is 12.8. The Balaban J connectivity index is 0.00000253. The maximum atomic E-state index is 14.3. The molecule has 0 aliphatic carbocycles. The zero-order chi connectivity index (χ0) is 25.9. The van der Waals surface area contributed by atoms with Crippen molar-refractivity contribution in [1.82, 2.24) is 14.7 Å². The van der Waals surface area contributed by atoms with Crippen LogP contribution < -0.4 is 14.2 Å². The van der Waals surface area contributed by atoms with Gasteiger partial charge in [-0.3, -0.25) is 4.79 Å². The van der Waals surface area contributed by atoms with Gasteiger partial charge in [0.05, 0.1) is 25.5 Å². The Bertz CT molecular complexity index is 1390. The van der Waals surface area contributed by atoms with Crippen LogP contribution in [-0.4, -0.2) is 50.2 Å². The molecule has 1 saturated heterocycles. The molecule has 0 spiro atoms. The summed E-state index contributed by atoms with van der Waals surface area (Å²) in [5, 5.41) is -0.288. The molecular formula is C25H30FN3O6S. The van der Waals surface area contributed by atoms with Crippen molar-refractivity contribution in [3.63, 3.8) is 0 Å². The van der Waals surface area contributed by atoms with Crippen LogP contribution in [0.4, 0.5) is 4.39 Å². The quantitative estimate of drug-likeness (QED) is 0.451. The molecule has 11 heteroatoms. The van der Waals surface area contributed by atoms with Crippen LogP contribution in [0.2, 0.25) is 0 Å². The number of benzene rings is 1. The van der Waals surface area contributed by atoms with E-state index in [9.17, 15) is 17.6 Å². The van der Waals surface area contributed by atoms with Crippen LogP contribution in [0.3, 0.4) is 0 Å². The monoisotopic (exact) mass is 519 g/mol. The highest BCUT2D eigenvalue weighted by Gasteiger charge is 2.27. The maximum Gasteiger partial charge on any atom is 0.281 e. The van der Waals surface area contributed by atoms with Crippen molar-refractivity contribution < 1.29 is 34.7 Å². The Labute approximate surface area is 211 Å². The van der Waals surface area contributed by atoms with Gasteiger partial charge in [-0.2, -0.15) is 8.42 Å². The molecule has 2 aromatic heterocycles. The molecule has 4 rings (SSSR count). The highest BCUT2D eigenvalue weighted by molar-refractivity contribution is 7.90. The van der Waals surface area contributed by atoms with Crippen molar-refractivity contribution in [3.8, 4) is 22.9 Å². The van der Waals surface area contributed by atoms with Gasteiger partial charge >= 0.3 is 0 Å². The largest absolute Gasteiger partial charge is 0.493 e. The van der Waals surface area contributed by atoms with E-state index in [2.05, 4.69) is 9.97 Å². The topological polar surface area (TPSA) is 117 Å². The first-order chi connectivity index (χ1) is 17.1. The fourth-order valence-electron chi connectivity index (χ4n) is 3.26. The number of carbonyl (C=O) groups is 1. The van der Waals surface area contributed by atoms with E-state index in [1.165, 1.54) is 36.4 Å². The molecule has 194 valence electrons. The summed E-state index contributed by atoms with van der Waals surface area (Å²) in [4.78, 5) is 21.4. The van der Waals surface area contributed by atoms with Gasteiger partial charge in [0.2, 0.25) is 5.88 Å². The number of nitrogens with zero attached hydrogens (tertiary/aromatic N) is 2. The number of halogens is 1. The van der Waals surface area contributed by atoms with E-state index in [4.69, 9.17) is 14.2 Å². The molecule has 36 heavy (non-hydrogen) atoms. The number of ether oxygens (including phenoxy) is 3. The molecule has 3 aromatic rings. The van der Waals surface area contributed by atoms with E-state index in [0.717, 1.165) is 0 Å². The van der Waals surface area contributed by atoms with Gasteiger partial charge in [0.25, 0.3) is 15.9 Å². The third-order valence-electron chi connectivity index (χ3n) is 5.11. The lowest BCUT2D eigenvalue weighted by Gasteiger charge is -2.27. The molecular weight excluding hydrogens is 489 g/mol. The molecule has 1 aliphatic heterocycles. The predicted octanol–water partition coefficient (Wildman–Crippen LogP) is 4.01.